The van der Waals surface area contributed by atoms with E-state index in [-0.39, 0.29) is 5.91 Å². The SMILES string of the molecule is CCc1nc2c(C)cc(Br)cn2c1C(=O)NCc1ccccc1. The molecule has 0 aliphatic carbocycles. The van der Waals surface area contributed by atoms with Crippen LogP contribution >= 0.6 is 15.9 Å². The molecule has 0 unspecified atom stereocenters. The molecule has 0 aliphatic rings. The first-order valence-corrected chi connectivity index (χ1v) is 8.38. The number of amides is 1. The van der Waals surface area contributed by atoms with E-state index in [2.05, 4.69) is 26.2 Å². The molecule has 5 heteroatoms. The number of hydrogen-bond acceptors (Lipinski definition) is 2. The van der Waals surface area contributed by atoms with Gasteiger partial charge in [-0.25, -0.2) is 4.98 Å². The van der Waals surface area contributed by atoms with E-state index in [0.29, 0.717) is 18.7 Å². The van der Waals surface area contributed by atoms with Gasteiger partial charge in [-0.15, -0.1) is 0 Å². The fraction of sp³-hybridized carbons (Fsp3) is 0.222. The number of aryl methyl sites for hydroxylation is 2. The summed E-state index contributed by atoms with van der Waals surface area (Å²) in [7, 11) is 0. The molecule has 0 spiro atoms. The number of imidazole rings is 1. The number of hydrogen-bond donors (Lipinski definition) is 1. The zero-order chi connectivity index (χ0) is 16.4. The topological polar surface area (TPSA) is 46.4 Å². The van der Waals surface area contributed by atoms with E-state index in [1.165, 1.54) is 0 Å². The molecule has 0 radical (unpaired) electrons. The highest BCUT2D eigenvalue weighted by Gasteiger charge is 2.19. The van der Waals surface area contributed by atoms with Crippen molar-refractivity contribution in [3.05, 3.63) is 69.6 Å². The summed E-state index contributed by atoms with van der Waals surface area (Å²) < 4.78 is 2.80. The van der Waals surface area contributed by atoms with Crippen molar-refractivity contribution in [2.75, 3.05) is 0 Å². The van der Waals surface area contributed by atoms with Crippen molar-refractivity contribution in [3.8, 4) is 0 Å². The Morgan fingerprint density at radius 3 is 2.74 bits per heavy atom. The number of benzene rings is 1. The monoisotopic (exact) mass is 371 g/mol. The molecule has 0 aliphatic heterocycles. The van der Waals surface area contributed by atoms with Crippen molar-refractivity contribution < 1.29 is 4.79 Å². The highest BCUT2D eigenvalue weighted by Crippen LogP contribution is 2.21. The first-order chi connectivity index (χ1) is 11.1. The van der Waals surface area contributed by atoms with Crippen LogP contribution in [0.3, 0.4) is 0 Å². The maximum Gasteiger partial charge on any atom is 0.270 e. The van der Waals surface area contributed by atoms with Crippen molar-refractivity contribution in [3.63, 3.8) is 0 Å². The highest BCUT2D eigenvalue weighted by atomic mass is 79.9. The molecule has 0 bridgehead atoms. The van der Waals surface area contributed by atoms with Crippen molar-refractivity contribution in [2.45, 2.75) is 26.8 Å². The maximum atomic E-state index is 12.7. The van der Waals surface area contributed by atoms with Crippen LogP contribution in [0.5, 0.6) is 0 Å². The molecule has 3 aromatic rings. The number of fused-ring (bicyclic) bond motifs is 1. The first kappa shape index (κ1) is 15.7. The molecule has 1 N–H and O–H groups in total. The molecule has 4 nitrogen and oxygen atoms in total. The van der Waals surface area contributed by atoms with Gasteiger partial charge < -0.3 is 5.32 Å². The van der Waals surface area contributed by atoms with Crippen LogP contribution in [0.4, 0.5) is 0 Å². The van der Waals surface area contributed by atoms with Gasteiger partial charge in [0.2, 0.25) is 0 Å². The Hall–Kier alpha value is -2.14. The summed E-state index contributed by atoms with van der Waals surface area (Å²) in [6.07, 6.45) is 2.61. The second kappa shape index (κ2) is 6.54. The zero-order valence-electron chi connectivity index (χ0n) is 13.1. The maximum absolute atomic E-state index is 12.7. The van der Waals surface area contributed by atoms with Crippen molar-refractivity contribution in [2.24, 2.45) is 0 Å². The minimum Gasteiger partial charge on any atom is -0.347 e. The molecule has 3 rings (SSSR count). The number of nitrogens with one attached hydrogen (secondary N) is 1. The number of halogens is 1. The quantitative estimate of drug-likeness (QED) is 0.755. The minimum atomic E-state index is -0.101. The lowest BCUT2D eigenvalue weighted by atomic mass is 10.2. The van der Waals surface area contributed by atoms with Crippen molar-refractivity contribution >= 4 is 27.5 Å². The van der Waals surface area contributed by atoms with Gasteiger partial charge in [-0.1, -0.05) is 37.3 Å². The lowest BCUT2D eigenvalue weighted by Crippen LogP contribution is -2.25. The molecule has 0 atom stereocenters. The number of rotatable bonds is 4. The molecule has 2 heterocycles. The number of nitrogens with zero attached hydrogens (tertiary/aromatic N) is 2. The lowest BCUT2D eigenvalue weighted by Gasteiger charge is -2.07. The standard InChI is InChI=1S/C18H18BrN3O/c1-3-15-16(18(23)20-10-13-7-5-4-6-8-13)22-11-14(19)9-12(2)17(22)21-15/h4-9,11H,3,10H2,1-2H3,(H,20,23). The highest BCUT2D eigenvalue weighted by molar-refractivity contribution is 9.10. The number of carbonyl (C=O) groups is 1. The fourth-order valence-electron chi connectivity index (χ4n) is 2.66. The average Bonchev–Trinajstić information content (AvgIpc) is 2.92. The second-order valence-electron chi connectivity index (χ2n) is 5.46. The fourth-order valence-corrected chi connectivity index (χ4v) is 3.21. The van der Waals surface area contributed by atoms with Crippen LogP contribution in [0, 0.1) is 6.92 Å². The summed E-state index contributed by atoms with van der Waals surface area (Å²) in [6, 6.07) is 11.9. The van der Waals surface area contributed by atoms with E-state index in [1.54, 1.807) is 0 Å². The van der Waals surface area contributed by atoms with Gasteiger partial charge in [-0.3, -0.25) is 9.20 Å². The van der Waals surface area contributed by atoms with Gasteiger partial charge in [0.15, 0.2) is 0 Å². The average molecular weight is 372 g/mol. The molecule has 2 aromatic heterocycles. The summed E-state index contributed by atoms with van der Waals surface area (Å²) in [6.45, 7) is 4.52. The van der Waals surface area contributed by atoms with Crippen LogP contribution in [0.2, 0.25) is 0 Å². The Morgan fingerprint density at radius 1 is 1.30 bits per heavy atom. The number of pyridine rings is 1. The van der Waals surface area contributed by atoms with Crippen LogP contribution in [0.15, 0.2) is 47.1 Å². The molecular weight excluding hydrogens is 354 g/mol. The Balaban J connectivity index is 1.96. The largest absolute Gasteiger partial charge is 0.347 e. The van der Waals surface area contributed by atoms with Gasteiger partial charge in [0.25, 0.3) is 5.91 Å². The summed E-state index contributed by atoms with van der Waals surface area (Å²) in [4.78, 5) is 17.3. The summed E-state index contributed by atoms with van der Waals surface area (Å²) in [5.74, 6) is -0.101. The molecule has 1 amide bonds. The van der Waals surface area contributed by atoms with Crippen molar-refractivity contribution in [1.82, 2.24) is 14.7 Å². The number of carbonyl (C=O) groups excluding carboxylic acids is 1. The third kappa shape index (κ3) is 3.15. The number of aromatic nitrogens is 2. The molecule has 0 fully saturated rings. The van der Waals surface area contributed by atoms with Gasteiger partial charge in [0.05, 0.1) is 5.69 Å². The van der Waals surface area contributed by atoms with Crippen LogP contribution in [-0.4, -0.2) is 15.3 Å². The van der Waals surface area contributed by atoms with E-state index in [1.807, 2.05) is 60.8 Å². The van der Waals surface area contributed by atoms with Crippen LogP contribution < -0.4 is 5.32 Å². The predicted molar refractivity (Wildman–Crippen MR) is 94.6 cm³/mol. The molecule has 23 heavy (non-hydrogen) atoms. The third-order valence-corrected chi connectivity index (χ3v) is 4.22. The smallest absolute Gasteiger partial charge is 0.270 e. The Morgan fingerprint density at radius 2 is 2.04 bits per heavy atom. The lowest BCUT2D eigenvalue weighted by molar-refractivity contribution is 0.0944. The molecule has 0 saturated heterocycles. The second-order valence-corrected chi connectivity index (χ2v) is 6.38. The zero-order valence-corrected chi connectivity index (χ0v) is 14.7. The van der Waals surface area contributed by atoms with E-state index in [4.69, 9.17) is 0 Å². The molecule has 118 valence electrons. The van der Waals surface area contributed by atoms with Gasteiger partial charge in [-0.2, -0.15) is 0 Å². The van der Waals surface area contributed by atoms with E-state index in [9.17, 15) is 4.79 Å². The van der Waals surface area contributed by atoms with Gasteiger partial charge in [0.1, 0.15) is 11.3 Å². The third-order valence-electron chi connectivity index (χ3n) is 3.79. The summed E-state index contributed by atoms with van der Waals surface area (Å²) >= 11 is 3.49. The van der Waals surface area contributed by atoms with E-state index >= 15 is 0 Å². The van der Waals surface area contributed by atoms with Crippen LogP contribution in [-0.2, 0) is 13.0 Å². The molecule has 1 aromatic carbocycles. The molecule has 0 saturated carbocycles. The Labute approximate surface area is 143 Å². The predicted octanol–water partition coefficient (Wildman–Crippen LogP) is 3.90. The summed E-state index contributed by atoms with van der Waals surface area (Å²) in [5, 5.41) is 2.99. The van der Waals surface area contributed by atoms with Crippen LogP contribution in [0.1, 0.15) is 34.2 Å². The normalized spacial score (nSPS) is 10.9. The Bertz CT molecular complexity index is 856. The van der Waals surface area contributed by atoms with Gasteiger partial charge in [0, 0.05) is 17.2 Å². The van der Waals surface area contributed by atoms with Gasteiger partial charge in [-0.05, 0) is 46.5 Å². The molecular formula is C18H18BrN3O. The van der Waals surface area contributed by atoms with Crippen molar-refractivity contribution in [1.29, 1.82) is 0 Å². The first-order valence-electron chi connectivity index (χ1n) is 7.59. The Kier molecular flexibility index (Phi) is 4.48. The van der Waals surface area contributed by atoms with Gasteiger partial charge >= 0.3 is 0 Å². The van der Waals surface area contributed by atoms with E-state index < -0.39 is 0 Å². The summed E-state index contributed by atoms with van der Waals surface area (Å²) in [5.41, 5.74) is 4.37. The minimum absolute atomic E-state index is 0.101. The van der Waals surface area contributed by atoms with E-state index in [0.717, 1.165) is 26.9 Å². The van der Waals surface area contributed by atoms with Crippen LogP contribution in [0.25, 0.3) is 5.65 Å².